The van der Waals surface area contributed by atoms with Crippen molar-refractivity contribution in [3.63, 3.8) is 0 Å². The van der Waals surface area contributed by atoms with Gasteiger partial charge in [0.05, 0.1) is 13.2 Å². The number of unbranched alkanes of at least 4 members (excludes halogenated alkanes) is 1. The minimum atomic E-state index is -0.341. The zero-order valence-corrected chi connectivity index (χ0v) is 11.2. The molecule has 19 heavy (non-hydrogen) atoms. The van der Waals surface area contributed by atoms with Crippen LogP contribution >= 0.6 is 0 Å². The number of hydrogen-bond donors (Lipinski definition) is 1. The smallest absolute Gasteiger partial charge is 0.165 e. The van der Waals surface area contributed by atoms with Crippen molar-refractivity contribution in [1.29, 1.82) is 0 Å². The second-order valence-electron chi connectivity index (χ2n) is 4.09. The minimum absolute atomic E-state index is 0.276. The van der Waals surface area contributed by atoms with Crippen molar-refractivity contribution in [2.75, 3.05) is 26.9 Å². The summed E-state index contributed by atoms with van der Waals surface area (Å²) in [5.41, 5.74) is 0.879. The summed E-state index contributed by atoms with van der Waals surface area (Å²) in [5, 5.41) is 3.15. The third-order valence-electron chi connectivity index (χ3n) is 2.53. The summed E-state index contributed by atoms with van der Waals surface area (Å²) >= 11 is 0. The Bertz CT molecular complexity index is 415. The first kappa shape index (κ1) is 15.5. The highest BCUT2D eigenvalue weighted by Gasteiger charge is 2.04. The van der Waals surface area contributed by atoms with E-state index in [-0.39, 0.29) is 11.6 Å². The van der Waals surface area contributed by atoms with Gasteiger partial charge in [0.2, 0.25) is 0 Å². The fraction of sp³-hybridized carbons (Fsp3) is 0.467. The second-order valence-corrected chi connectivity index (χ2v) is 4.09. The van der Waals surface area contributed by atoms with Gasteiger partial charge in [0.1, 0.15) is 0 Å². The molecule has 0 bridgehead atoms. The minimum Gasteiger partial charge on any atom is -0.490 e. The molecule has 1 rings (SSSR count). The summed E-state index contributed by atoms with van der Waals surface area (Å²) < 4.78 is 24.0. The van der Waals surface area contributed by atoms with Crippen LogP contribution in [0.5, 0.6) is 5.75 Å². The molecular formula is C15H20FNO2. The predicted octanol–water partition coefficient (Wildman–Crippen LogP) is 2.35. The van der Waals surface area contributed by atoms with Crippen molar-refractivity contribution in [3.05, 3.63) is 29.6 Å². The van der Waals surface area contributed by atoms with Gasteiger partial charge in [-0.2, -0.15) is 0 Å². The van der Waals surface area contributed by atoms with Crippen molar-refractivity contribution in [2.24, 2.45) is 0 Å². The van der Waals surface area contributed by atoms with Gasteiger partial charge >= 0.3 is 0 Å². The number of halogens is 1. The van der Waals surface area contributed by atoms with E-state index in [0.29, 0.717) is 26.2 Å². The van der Waals surface area contributed by atoms with Gasteiger partial charge in [-0.05, 0) is 24.1 Å². The molecule has 0 aliphatic carbocycles. The molecule has 1 aromatic carbocycles. The van der Waals surface area contributed by atoms with Crippen LogP contribution in [0.15, 0.2) is 18.2 Å². The van der Waals surface area contributed by atoms with E-state index in [1.54, 1.807) is 13.2 Å². The maximum absolute atomic E-state index is 13.7. The zero-order chi connectivity index (χ0) is 13.9. The first-order valence-electron chi connectivity index (χ1n) is 6.32. The molecule has 0 aliphatic heterocycles. The van der Waals surface area contributed by atoms with Crippen LogP contribution in [0.1, 0.15) is 18.4 Å². The molecule has 0 unspecified atom stereocenters. The molecule has 4 heteroatoms. The van der Waals surface area contributed by atoms with Gasteiger partial charge in [-0.25, -0.2) is 4.39 Å². The molecule has 1 aromatic rings. The van der Waals surface area contributed by atoms with Crippen molar-refractivity contribution in [3.8, 4) is 18.1 Å². The van der Waals surface area contributed by atoms with Crippen molar-refractivity contribution in [2.45, 2.75) is 19.4 Å². The van der Waals surface area contributed by atoms with E-state index in [4.69, 9.17) is 15.9 Å². The highest BCUT2D eigenvalue weighted by Crippen LogP contribution is 2.18. The van der Waals surface area contributed by atoms with Crippen LogP contribution in [0.25, 0.3) is 0 Å². The van der Waals surface area contributed by atoms with Gasteiger partial charge in [0, 0.05) is 26.6 Å². The predicted molar refractivity (Wildman–Crippen MR) is 73.5 cm³/mol. The molecule has 0 saturated carbocycles. The van der Waals surface area contributed by atoms with E-state index in [2.05, 4.69) is 11.2 Å². The number of ether oxygens (including phenoxy) is 2. The number of nitrogens with one attached hydrogen (secondary N) is 1. The first-order chi connectivity index (χ1) is 9.27. The lowest BCUT2D eigenvalue weighted by Gasteiger charge is -2.09. The Hall–Kier alpha value is -1.57. The highest BCUT2D eigenvalue weighted by atomic mass is 19.1. The quantitative estimate of drug-likeness (QED) is 0.549. The van der Waals surface area contributed by atoms with Crippen LogP contribution in [0.4, 0.5) is 4.39 Å². The van der Waals surface area contributed by atoms with Crippen LogP contribution in [-0.2, 0) is 11.3 Å². The Kier molecular flexibility index (Phi) is 7.64. The van der Waals surface area contributed by atoms with E-state index in [1.807, 2.05) is 6.07 Å². The third-order valence-corrected chi connectivity index (χ3v) is 2.53. The van der Waals surface area contributed by atoms with E-state index in [9.17, 15) is 4.39 Å². The number of methoxy groups -OCH3 is 1. The molecule has 0 spiro atoms. The SMILES string of the molecule is C#CCCCOc1ccc(CNCCOC)cc1F. The summed E-state index contributed by atoms with van der Waals surface area (Å²) in [4.78, 5) is 0. The zero-order valence-electron chi connectivity index (χ0n) is 11.2. The molecule has 0 aromatic heterocycles. The molecule has 0 saturated heterocycles. The molecule has 0 radical (unpaired) electrons. The lowest BCUT2D eigenvalue weighted by Crippen LogP contribution is -2.18. The molecule has 0 aliphatic rings. The molecule has 0 fully saturated rings. The van der Waals surface area contributed by atoms with Gasteiger partial charge in [0.25, 0.3) is 0 Å². The largest absolute Gasteiger partial charge is 0.490 e. The highest BCUT2D eigenvalue weighted by molar-refractivity contribution is 5.29. The maximum atomic E-state index is 13.7. The van der Waals surface area contributed by atoms with E-state index >= 15 is 0 Å². The van der Waals surface area contributed by atoms with E-state index < -0.39 is 0 Å². The average Bonchev–Trinajstić information content (AvgIpc) is 2.42. The van der Waals surface area contributed by atoms with E-state index in [1.165, 1.54) is 6.07 Å². The molecule has 0 amide bonds. The third kappa shape index (κ3) is 6.23. The van der Waals surface area contributed by atoms with Crippen LogP contribution in [0.3, 0.4) is 0 Å². The first-order valence-corrected chi connectivity index (χ1v) is 6.32. The lowest BCUT2D eigenvalue weighted by molar-refractivity contribution is 0.199. The lowest BCUT2D eigenvalue weighted by atomic mass is 10.2. The Morgan fingerprint density at radius 2 is 2.21 bits per heavy atom. The van der Waals surface area contributed by atoms with Crippen LogP contribution < -0.4 is 10.1 Å². The second kappa shape index (κ2) is 9.37. The van der Waals surface area contributed by atoms with Gasteiger partial charge in [-0.1, -0.05) is 6.07 Å². The Balaban J connectivity index is 2.39. The Morgan fingerprint density at radius 1 is 1.37 bits per heavy atom. The molecular weight excluding hydrogens is 245 g/mol. The average molecular weight is 265 g/mol. The van der Waals surface area contributed by atoms with Crippen molar-refractivity contribution >= 4 is 0 Å². The number of benzene rings is 1. The standard InChI is InChI=1S/C15H20FNO2/c1-3-4-5-9-19-15-7-6-13(11-14(15)16)12-17-8-10-18-2/h1,6-7,11,17H,4-5,8-10,12H2,2H3. The fourth-order valence-corrected chi connectivity index (χ4v) is 1.53. The van der Waals surface area contributed by atoms with Gasteiger partial charge < -0.3 is 14.8 Å². The topological polar surface area (TPSA) is 30.5 Å². The molecule has 1 N–H and O–H groups in total. The van der Waals surface area contributed by atoms with Crippen LogP contribution in [0.2, 0.25) is 0 Å². The van der Waals surface area contributed by atoms with E-state index in [0.717, 1.165) is 18.5 Å². The Labute approximate surface area is 114 Å². The number of rotatable bonds is 9. The molecule has 0 atom stereocenters. The summed E-state index contributed by atoms with van der Waals surface area (Å²) in [6.07, 6.45) is 6.50. The number of terminal acetylenes is 1. The molecule has 3 nitrogen and oxygen atoms in total. The summed E-state index contributed by atoms with van der Waals surface area (Å²) in [6, 6.07) is 4.98. The Morgan fingerprint density at radius 3 is 2.89 bits per heavy atom. The molecule has 0 heterocycles. The van der Waals surface area contributed by atoms with Crippen LogP contribution in [-0.4, -0.2) is 26.9 Å². The maximum Gasteiger partial charge on any atom is 0.165 e. The monoisotopic (exact) mass is 265 g/mol. The summed E-state index contributed by atoms with van der Waals surface area (Å²) in [5.74, 6) is 2.45. The summed E-state index contributed by atoms with van der Waals surface area (Å²) in [7, 11) is 1.65. The van der Waals surface area contributed by atoms with Crippen LogP contribution in [0, 0.1) is 18.2 Å². The van der Waals surface area contributed by atoms with Crippen molar-refractivity contribution in [1.82, 2.24) is 5.32 Å². The van der Waals surface area contributed by atoms with Gasteiger partial charge in [0.15, 0.2) is 11.6 Å². The number of hydrogen-bond acceptors (Lipinski definition) is 3. The fourth-order valence-electron chi connectivity index (χ4n) is 1.53. The van der Waals surface area contributed by atoms with Gasteiger partial charge in [-0.15, -0.1) is 12.3 Å². The normalized spacial score (nSPS) is 10.2. The van der Waals surface area contributed by atoms with Crippen molar-refractivity contribution < 1.29 is 13.9 Å². The van der Waals surface area contributed by atoms with Gasteiger partial charge in [-0.3, -0.25) is 0 Å². The summed E-state index contributed by atoms with van der Waals surface area (Å²) in [6.45, 7) is 2.42. The molecule has 104 valence electrons.